The molecular formula is C11H9NO5. The van der Waals surface area contributed by atoms with Crippen LogP contribution in [-0.4, -0.2) is 29.6 Å². The second kappa shape index (κ2) is 4.25. The van der Waals surface area contributed by atoms with Gasteiger partial charge in [0.25, 0.3) is 0 Å². The van der Waals surface area contributed by atoms with E-state index in [-0.39, 0.29) is 24.1 Å². The summed E-state index contributed by atoms with van der Waals surface area (Å²) in [6.07, 6.45) is -0.0273. The van der Waals surface area contributed by atoms with E-state index in [1.54, 1.807) is 6.07 Å². The molecule has 0 saturated carbocycles. The van der Waals surface area contributed by atoms with Crippen molar-refractivity contribution in [2.75, 3.05) is 11.9 Å². The van der Waals surface area contributed by atoms with Crippen LogP contribution in [-0.2, 0) is 9.53 Å². The lowest BCUT2D eigenvalue weighted by Gasteiger charge is -2.04. The SMILES string of the molecule is O=C(O)CCNc1ccc2c(c1)C(=O)OC2=O. The number of esters is 2. The Kier molecular flexibility index (Phi) is 2.78. The Morgan fingerprint density at radius 1 is 1.24 bits per heavy atom. The molecule has 1 aromatic rings. The highest BCUT2D eigenvalue weighted by atomic mass is 16.6. The summed E-state index contributed by atoms with van der Waals surface area (Å²) >= 11 is 0. The molecule has 0 fully saturated rings. The molecule has 0 amide bonds. The molecule has 1 aromatic carbocycles. The lowest BCUT2D eigenvalue weighted by Crippen LogP contribution is -2.08. The minimum atomic E-state index is -0.909. The normalized spacial score (nSPS) is 13.2. The Morgan fingerprint density at radius 3 is 2.65 bits per heavy atom. The van der Waals surface area contributed by atoms with Crippen LogP contribution in [0.5, 0.6) is 0 Å². The van der Waals surface area contributed by atoms with E-state index in [1.165, 1.54) is 12.1 Å². The van der Waals surface area contributed by atoms with Gasteiger partial charge in [-0.25, -0.2) is 9.59 Å². The molecule has 0 radical (unpaired) electrons. The van der Waals surface area contributed by atoms with Gasteiger partial charge in [-0.15, -0.1) is 0 Å². The third kappa shape index (κ3) is 2.25. The van der Waals surface area contributed by atoms with E-state index in [0.717, 1.165) is 0 Å². The topological polar surface area (TPSA) is 92.7 Å². The maximum atomic E-state index is 11.2. The van der Waals surface area contributed by atoms with Crippen molar-refractivity contribution in [1.82, 2.24) is 0 Å². The van der Waals surface area contributed by atoms with E-state index < -0.39 is 17.9 Å². The first-order chi connectivity index (χ1) is 8.08. The molecule has 0 spiro atoms. The number of aliphatic carboxylic acids is 1. The third-order valence-corrected chi connectivity index (χ3v) is 2.31. The highest BCUT2D eigenvalue weighted by Crippen LogP contribution is 2.23. The molecule has 0 unspecified atom stereocenters. The summed E-state index contributed by atoms with van der Waals surface area (Å²) in [6, 6.07) is 4.55. The van der Waals surface area contributed by atoms with E-state index in [1.807, 2.05) is 0 Å². The second-order valence-corrected chi connectivity index (χ2v) is 3.51. The zero-order valence-electron chi connectivity index (χ0n) is 8.73. The fourth-order valence-corrected chi connectivity index (χ4v) is 1.51. The van der Waals surface area contributed by atoms with Gasteiger partial charge in [0.2, 0.25) is 0 Å². The molecule has 2 rings (SSSR count). The summed E-state index contributed by atoms with van der Waals surface area (Å²) in [6.45, 7) is 0.247. The molecule has 2 N–H and O–H groups in total. The number of rotatable bonds is 4. The number of nitrogens with one attached hydrogen (secondary N) is 1. The zero-order chi connectivity index (χ0) is 12.4. The quantitative estimate of drug-likeness (QED) is 0.594. The second-order valence-electron chi connectivity index (χ2n) is 3.51. The van der Waals surface area contributed by atoms with Crippen LogP contribution >= 0.6 is 0 Å². The molecule has 0 aliphatic carbocycles. The monoisotopic (exact) mass is 235 g/mol. The van der Waals surface area contributed by atoms with Crippen molar-refractivity contribution in [2.45, 2.75) is 6.42 Å². The van der Waals surface area contributed by atoms with Crippen LogP contribution in [0.25, 0.3) is 0 Å². The Labute approximate surface area is 96.2 Å². The van der Waals surface area contributed by atoms with Crippen molar-refractivity contribution in [3.8, 4) is 0 Å². The van der Waals surface area contributed by atoms with Gasteiger partial charge in [-0.3, -0.25) is 4.79 Å². The lowest BCUT2D eigenvalue weighted by molar-refractivity contribution is -0.136. The van der Waals surface area contributed by atoms with Gasteiger partial charge < -0.3 is 15.2 Å². The Bertz CT molecular complexity index is 509. The number of anilines is 1. The summed E-state index contributed by atoms with van der Waals surface area (Å²) in [4.78, 5) is 32.7. The van der Waals surface area contributed by atoms with Crippen LogP contribution in [0.1, 0.15) is 27.1 Å². The van der Waals surface area contributed by atoms with Crippen LogP contribution in [0.3, 0.4) is 0 Å². The first-order valence-electron chi connectivity index (χ1n) is 4.94. The average Bonchev–Trinajstić information content (AvgIpc) is 2.54. The number of ether oxygens (including phenoxy) is 1. The predicted octanol–water partition coefficient (Wildman–Crippen LogP) is 0.884. The van der Waals surface area contributed by atoms with Crippen molar-refractivity contribution >= 4 is 23.6 Å². The standard InChI is InChI=1S/C11H9NO5/c13-9(14)3-4-12-6-1-2-7-8(5-6)11(16)17-10(7)15/h1-2,5,12H,3-4H2,(H,13,14). The molecule has 0 aromatic heterocycles. The highest BCUT2D eigenvalue weighted by molar-refractivity contribution is 6.15. The van der Waals surface area contributed by atoms with Crippen LogP contribution in [0, 0.1) is 0 Å². The molecule has 1 aliphatic heterocycles. The molecule has 6 heteroatoms. The number of carbonyl (C=O) groups is 3. The number of cyclic esters (lactones) is 2. The molecule has 17 heavy (non-hydrogen) atoms. The van der Waals surface area contributed by atoms with Gasteiger partial charge in [-0.05, 0) is 18.2 Å². The summed E-state index contributed by atoms with van der Waals surface area (Å²) in [5.74, 6) is -2.23. The Balaban J connectivity index is 2.12. The number of carbonyl (C=O) groups excluding carboxylic acids is 2. The molecule has 0 saturated heterocycles. The fraction of sp³-hybridized carbons (Fsp3) is 0.182. The fourth-order valence-electron chi connectivity index (χ4n) is 1.51. The first-order valence-corrected chi connectivity index (χ1v) is 4.94. The van der Waals surface area contributed by atoms with E-state index in [4.69, 9.17) is 5.11 Å². The van der Waals surface area contributed by atoms with Gasteiger partial charge in [0, 0.05) is 12.2 Å². The van der Waals surface area contributed by atoms with Gasteiger partial charge in [0.15, 0.2) is 0 Å². The number of fused-ring (bicyclic) bond motifs is 1. The lowest BCUT2D eigenvalue weighted by atomic mass is 10.1. The van der Waals surface area contributed by atoms with Crippen molar-refractivity contribution in [3.63, 3.8) is 0 Å². The smallest absolute Gasteiger partial charge is 0.346 e. The Morgan fingerprint density at radius 2 is 1.94 bits per heavy atom. The van der Waals surface area contributed by atoms with Crippen LogP contribution < -0.4 is 5.32 Å². The summed E-state index contributed by atoms with van der Waals surface area (Å²) in [5, 5.41) is 11.3. The van der Waals surface area contributed by atoms with Gasteiger partial charge in [-0.2, -0.15) is 0 Å². The molecule has 6 nitrogen and oxygen atoms in total. The van der Waals surface area contributed by atoms with Crippen molar-refractivity contribution in [1.29, 1.82) is 0 Å². The minimum Gasteiger partial charge on any atom is -0.481 e. The van der Waals surface area contributed by atoms with Crippen LogP contribution in [0.2, 0.25) is 0 Å². The van der Waals surface area contributed by atoms with E-state index in [0.29, 0.717) is 5.69 Å². The summed E-state index contributed by atoms with van der Waals surface area (Å²) in [7, 11) is 0. The molecule has 0 bridgehead atoms. The first kappa shape index (κ1) is 11.1. The van der Waals surface area contributed by atoms with Gasteiger partial charge in [0.1, 0.15) is 0 Å². The maximum Gasteiger partial charge on any atom is 0.346 e. The van der Waals surface area contributed by atoms with Crippen molar-refractivity contribution in [3.05, 3.63) is 29.3 Å². The minimum absolute atomic E-state index is 0.0273. The van der Waals surface area contributed by atoms with Gasteiger partial charge in [-0.1, -0.05) is 0 Å². The van der Waals surface area contributed by atoms with E-state index in [9.17, 15) is 14.4 Å². The molecule has 88 valence electrons. The maximum absolute atomic E-state index is 11.2. The van der Waals surface area contributed by atoms with Crippen LogP contribution in [0.15, 0.2) is 18.2 Å². The molecule has 0 atom stereocenters. The largest absolute Gasteiger partial charge is 0.481 e. The predicted molar refractivity (Wildman–Crippen MR) is 56.9 cm³/mol. The third-order valence-electron chi connectivity index (χ3n) is 2.31. The number of carboxylic acids is 1. The highest BCUT2D eigenvalue weighted by Gasteiger charge is 2.29. The van der Waals surface area contributed by atoms with Gasteiger partial charge in [0.05, 0.1) is 17.5 Å². The summed E-state index contributed by atoms with van der Waals surface area (Å²) < 4.78 is 4.43. The molecular weight excluding hydrogens is 226 g/mol. The summed E-state index contributed by atoms with van der Waals surface area (Å²) in [5.41, 5.74) is 1.02. The number of carboxylic acid groups (broad SMARTS) is 1. The molecule has 1 aliphatic rings. The van der Waals surface area contributed by atoms with E-state index in [2.05, 4.69) is 10.1 Å². The van der Waals surface area contributed by atoms with Gasteiger partial charge >= 0.3 is 17.9 Å². The number of hydrogen-bond acceptors (Lipinski definition) is 5. The average molecular weight is 235 g/mol. The number of hydrogen-bond donors (Lipinski definition) is 2. The van der Waals surface area contributed by atoms with Crippen molar-refractivity contribution < 1.29 is 24.2 Å². The number of benzene rings is 1. The van der Waals surface area contributed by atoms with E-state index >= 15 is 0 Å². The Hall–Kier alpha value is -2.37. The molecule has 1 heterocycles. The van der Waals surface area contributed by atoms with Crippen LogP contribution in [0.4, 0.5) is 5.69 Å². The van der Waals surface area contributed by atoms with Crippen molar-refractivity contribution in [2.24, 2.45) is 0 Å². The zero-order valence-corrected chi connectivity index (χ0v) is 8.73.